The summed E-state index contributed by atoms with van der Waals surface area (Å²) in [6.07, 6.45) is 0.663. The van der Waals surface area contributed by atoms with Gasteiger partial charge in [-0.25, -0.2) is 27.0 Å². The third-order valence-electron chi connectivity index (χ3n) is 5.61. The number of fused-ring (bicyclic) bond motifs is 1. The monoisotopic (exact) mass is 483 g/mol. The molecule has 0 saturated heterocycles. The number of rotatable bonds is 7. The third-order valence-corrected chi connectivity index (χ3v) is 7.07. The van der Waals surface area contributed by atoms with Crippen LogP contribution in [0.25, 0.3) is 16.7 Å². The lowest BCUT2D eigenvalue weighted by Gasteiger charge is -2.07. The highest BCUT2D eigenvalue weighted by molar-refractivity contribution is 7.89. The van der Waals surface area contributed by atoms with Crippen molar-refractivity contribution in [2.24, 2.45) is 14.1 Å². The molecule has 34 heavy (non-hydrogen) atoms. The lowest BCUT2D eigenvalue weighted by Crippen LogP contribution is -2.25. The van der Waals surface area contributed by atoms with Gasteiger partial charge in [0.15, 0.2) is 0 Å². The molecule has 0 spiro atoms. The molecule has 0 aliphatic carbocycles. The number of anilines is 1. The van der Waals surface area contributed by atoms with Crippen LogP contribution in [-0.4, -0.2) is 33.9 Å². The molecule has 4 rings (SSSR count). The predicted molar refractivity (Wildman–Crippen MR) is 124 cm³/mol. The first-order valence-electron chi connectivity index (χ1n) is 10.3. The molecule has 0 aliphatic rings. The Balaban J connectivity index is 1.47. The molecule has 0 fully saturated rings. The first kappa shape index (κ1) is 23.2. The number of benzene rings is 2. The summed E-state index contributed by atoms with van der Waals surface area (Å²) in [7, 11) is -0.615. The molecule has 12 heteroatoms. The van der Waals surface area contributed by atoms with Gasteiger partial charge in [-0.05, 0) is 55.3 Å². The van der Waals surface area contributed by atoms with Gasteiger partial charge in [0, 0.05) is 20.6 Å². The summed E-state index contributed by atoms with van der Waals surface area (Å²) in [4.78, 5) is 12.1. The van der Waals surface area contributed by atoms with Crippen LogP contribution >= 0.6 is 0 Å². The fourth-order valence-corrected chi connectivity index (χ4v) is 4.85. The number of nitrogens with one attached hydrogen (secondary N) is 1. The van der Waals surface area contributed by atoms with Gasteiger partial charge in [-0.3, -0.25) is 9.13 Å². The van der Waals surface area contributed by atoms with E-state index in [0.717, 1.165) is 0 Å². The molecule has 0 amide bonds. The van der Waals surface area contributed by atoms with Gasteiger partial charge in [-0.1, -0.05) is 0 Å². The van der Waals surface area contributed by atoms with Gasteiger partial charge in [0.25, 0.3) is 0 Å². The van der Waals surface area contributed by atoms with E-state index in [9.17, 15) is 22.9 Å². The van der Waals surface area contributed by atoms with Crippen molar-refractivity contribution in [3.63, 3.8) is 0 Å². The third kappa shape index (κ3) is 4.07. The Morgan fingerprint density at radius 3 is 2.47 bits per heavy atom. The number of hydrogen-bond donors (Lipinski definition) is 2. The minimum absolute atomic E-state index is 0.0451. The highest BCUT2D eigenvalue weighted by Gasteiger charge is 2.19. The zero-order valence-corrected chi connectivity index (χ0v) is 19.3. The van der Waals surface area contributed by atoms with E-state index in [4.69, 9.17) is 5.73 Å². The molecule has 0 bridgehead atoms. The summed E-state index contributed by atoms with van der Waals surface area (Å²) in [5, 5.41) is 13.8. The minimum Gasteiger partial charge on any atom is -0.382 e. The maximum absolute atomic E-state index is 13.2. The van der Waals surface area contributed by atoms with Crippen molar-refractivity contribution in [2.45, 2.75) is 17.7 Å². The van der Waals surface area contributed by atoms with Crippen molar-refractivity contribution in [1.82, 2.24) is 23.6 Å². The maximum atomic E-state index is 13.2. The molecule has 2 aromatic heterocycles. The van der Waals surface area contributed by atoms with Crippen LogP contribution in [0.1, 0.15) is 17.7 Å². The van der Waals surface area contributed by atoms with E-state index < -0.39 is 15.8 Å². The number of nitrogens with two attached hydrogens (primary N) is 1. The smallest absolute Gasteiger partial charge is 0.328 e. The van der Waals surface area contributed by atoms with Crippen LogP contribution in [0.2, 0.25) is 0 Å². The Labute approximate surface area is 194 Å². The molecule has 0 aliphatic heterocycles. The van der Waals surface area contributed by atoms with Gasteiger partial charge in [0.05, 0.1) is 27.3 Å². The van der Waals surface area contributed by atoms with Gasteiger partial charge >= 0.3 is 5.69 Å². The number of aryl methyl sites for hydroxylation is 3. The molecule has 2 heterocycles. The number of imidazole rings is 1. The van der Waals surface area contributed by atoms with Gasteiger partial charge in [-0.2, -0.15) is 10.4 Å². The van der Waals surface area contributed by atoms with E-state index in [1.54, 1.807) is 20.2 Å². The molecule has 10 nitrogen and oxygen atoms in total. The Bertz CT molecular complexity index is 1590. The molecule has 176 valence electrons. The van der Waals surface area contributed by atoms with Crippen LogP contribution in [0.15, 0.2) is 52.2 Å². The van der Waals surface area contributed by atoms with E-state index in [0.29, 0.717) is 35.3 Å². The van der Waals surface area contributed by atoms with Crippen LogP contribution in [0.4, 0.5) is 10.2 Å². The quantitative estimate of drug-likeness (QED) is 0.382. The summed E-state index contributed by atoms with van der Waals surface area (Å²) in [5.41, 5.74) is 8.07. The Hall–Kier alpha value is -3.95. The molecule has 2 aromatic carbocycles. The zero-order valence-electron chi connectivity index (χ0n) is 18.5. The van der Waals surface area contributed by atoms with E-state index in [1.807, 2.05) is 6.07 Å². The second-order valence-electron chi connectivity index (χ2n) is 7.76. The second kappa shape index (κ2) is 8.77. The number of nitrogens with zero attached hydrogens (tertiary/aromatic N) is 5. The Morgan fingerprint density at radius 2 is 1.79 bits per heavy atom. The number of sulfonamides is 1. The molecule has 0 saturated carbocycles. The average Bonchev–Trinajstić information content (AvgIpc) is 3.25. The maximum Gasteiger partial charge on any atom is 0.328 e. The lowest BCUT2D eigenvalue weighted by atomic mass is 10.1. The topological polar surface area (TPSA) is 141 Å². The molecule has 4 aromatic rings. The fraction of sp³-hybridized carbons (Fsp3) is 0.227. The van der Waals surface area contributed by atoms with E-state index in [2.05, 4.69) is 9.82 Å². The van der Waals surface area contributed by atoms with Crippen molar-refractivity contribution >= 4 is 26.9 Å². The summed E-state index contributed by atoms with van der Waals surface area (Å²) >= 11 is 0. The summed E-state index contributed by atoms with van der Waals surface area (Å²) in [6.45, 7) is 0.0995. The SMILES string of the molecule is Cn1c(=O)n(C)c2cc(S(=O)(=O)NCCCc3nn(-c4ccc(F)cc4)c(N)c3C#N)ccc21. The van der Waals surface area contributed by atoms with Gasteiger partial charge in [0.2, 0.25) is 10.0 Å². The lowest BCUT2D eigenvalue weighted by molar-refractivity contribution is 0.578. The Kier molecular flexibility index (Phi) is 5.99. The summed E-state index contributed by atoms with van der Waals surface area (Å²) in [5.74, 6) is -0.275. The molecule has 3 N–H and O–H groups in total. The number of halogens is 1. The van der Waals surface area contributed by atoms with E-state index in [1.165, 1.54) is 50.2 Å². The van der Waals surface area contributed by atoms with Crippen LogP contribution in [0.5, 0.6) is 0 Å². The molecule has 0 radical (unpaired) electrons. The molecular weight excluding hydrogens is 461 g/mol. The number of nitrogen functional groups attached to an aromatic ring is 1. The van der Waals surface area contributed by atoms with Gasteiger partial charge < -0.3 is 5.73 Å². The van der Waals surface area contributed by atoms with Crippen LogP contribution in [0, 0.1) is 17.1 Å². The van der Waals surface area contributed by atoms with E-state index >= 15 is 0 Å². The number of aromatic nitrogens is 4. The van der Waals surface area contributed by atoms with Gasteiger partial charge in [0.1, 0.15) is 23.3 Å². The van der Waals surface area contributed by atoms with Crippen LogP contribution < -0.4 is 16.1 Å². The molecule has 0 atom stereocenters. The van der Waals surface area contributed by atoms with Crippen molar-refractivity contribution in [1.29, 1.82) is 5.26 Å². The Morgan fingerprint density at radius 1 is 1.12 bits per heavy atom. The highest BCUT2D eigenvalue weighted by Crippen LogP contribution is 2.22. The highest BCUT2D eigenvalue weighted by atomic mass is 32.2. The second-order valence-corrected chi connectivity index (χ2v) is 9.53. The van der Waals surface area contributed by atoms with Crippen LogP contribution in [-0.2, 0) is 30.5 Å². The normalized spacial score (nSPS) is 11.7. The number of hydrogen-bond acceptors (Lipinski definition) is 6. The van der Waals surface area contributed by atoms with Gasteiger partial charge in [-0.15, -0.1) is 0 Å². The minimum atomic E-state index is -3.82. The summed E-state index contributed by atoms with van der Waals surface area (Å²) < 4.78 is 45.4. The van der Waals surface area contributed by atoms with Crippen molar-refractivity contribution in [2.75, 3.05) is 12.3 Å². The molecular formula is C22H22FN7O3S. The van der Waals surface area contributed by atoms with E-state index in [-0.39, 0.29) is 28.5 Å². The van der Waals surface area contributed by atoms with Crippen molar-refractivity contribution in [3.8, 4) is 11.8 Å². The van der Waals surface area contributed by atoms with Crippen molar-refractivity contribution < 1.29 is 12.8 Å². The standard InChI is InChI=1S/C22H22FN7O3S/c1-28-19-10-9-16(12-20(19)29(2)22(28)31)34(32,33)26-11-3-4-18-17(13-24)21(25)30(27-18)15-7-5-14(23)6-8-15/h5-10,12,26H,3-4,11,25H2,1-2H3. The van der Waals surface area contributed by atoms with Crippen molar-refractivity contribution in [3.05, 3.63) is 70.0 Å². The largest absolute Gasteiger partial charge is 0.382 e. The zero-order chi connectivity index (χ0) is 24.6. The first-order chi connectivity index (χ1) is 16.1. The predicted octanol–water partition coefficient (Wildman–Crippen LogP) is 1.57. The molecule has 0 unspecified atom stereocenters. The number of nitriles is 1. The summed E-state index contributed by atoms with van der Waals surface area (Å²) in [6, 6.07) is 12.0. The van der Waals surface area contributed by atoms with Crippen LogP contribution in [0.3, 0.4) is 0 Å². The average molecular weight is 484 g/mol. The fourth-order valence-electron chi connectivity index (χ4n) is 3.75. The first-order valence-corrected chi connectivity index (χ1v) is 11.8.